The average Bonchev–Trinajstić information content (AvgIpc) is 2.43. The van der Waals surface area contributed by atoms with Crippen molar-refractivity contribution >= 4 is 6.03 Å². The first-order valence-corrected chi connectivity index (χ1v) is 4.06. The summed E-state index contributed by atoms with van der Waals surface area (Å²) in [5.41, 5.74) is 0. The topological polar surface area (TPSA) is 41.6 Å². The van der Waals surface area contributed by atoms with Crippen LogP contribution in [0, 0.1) is 0 Å². The lowest BCUT2D eigenvalue weighted by Gasteiger charge is -2.15. The van der Waals surface area contributed by atoms with Crippen molar-refractivity contribution in [3.63, 3.8) is 0 Å². The van der Waals surface area contributed by atoms with Crippen LogP contribution < -0.4 is 5.32 Å². The molecular weight excluding hydrogens is 201 g/mol. The van der Waals surface area contributed by atoms with Crippen LogP contribution in [0.25, 0.3) is 0 Å². The van der Waals surface area contributed by atoms with Crippen LogP contribution in [0.15, 0.2) is 0 Å². The molecule has 0 aromatic heterocycles. The molecule has 0 radical (unpaired) electrons. The molecule has 4 nitrogen and oxygen atoms in total. The average molecular weight is 212 g/mol. The normalized spacial score (nSPS) is 22.7. The molecule has 0 saturated carbocycles. The Balaban J connectivity index is 2.47. The summed E-state index contributed by atoms with van der Waals surface area (Å²) in [4.78, 5) is 12.1. The molecule has 1 saturated heterocycles. The minimum absolute atomic E-state index is 0.176. The Hall–Kier alpha value is -0.980. The van der Waals surface area contributed by atoms with Crippen molar-refractivity contribution in [3.05, 3.63) is 0 Å². The lowest BCUT2D eigenvalue weighted by atomic mass is 10.3. The lowest BCUT2D eigenvalue weighted by Crippen LogP contribution is -2.40. The number of carbonyl (C=O) groups excluding carboxylic acids is 1. The molecule has 0 aromatic rings. The molecule has 1 rings (SSSR count). The van der Waals surface area contributed by atoms with Crippen LogP contribution in [0.1, 0.15) is 0 Å². The highest BCUT2D eigenvalue weighted by Crippen LogP contribution is 2.23. The number of ether oxygens (including phenoxy) is 1. The minimum Gasteiger partial charge on any atom is -0.383 e. The van der Waals surface area contributed by atoms with E-state index in [9.17, 15) is 18.0 Å². The second-order valence-electron chi connectivity index (χ2n) is 2.98. The SMILES string of the molecule is COCCN1CC(C(F)(F)F)NC1=O. The van der Waals surface area contributed by atoms with E-state index < -0.39 is 18.2 Å². The Labute approximate surface area is 79.0 Å². The summed E-state index contributed by atoms with van der Waals surface area (Å²) in [6.45, 7) is 0.0681. The molecule has 1 fully saturated rings. The van der Waals surface area contributed by atoms with E-state index in [2.05, 4.69) is 4.74 Å². The number of rotatable bonds is 3. The lowest BCUT2D eigenvalue weighted by molar-refractivity contribution is -0.149. The zero-order valence-corrected chi connectivity index (χ0v) is 7.60. The van der Waals surface area contributed by atoms with Crippen LogP contribution in [0.4, 0.5) is 18.0 Å². The fourth-order valence-electron chi connectivity index (χ4n) is 1.17. The number of nitrogens with zero attached hydrogens (tertiary/aromatic N) is 1. The molecule has 1 unspecified atom stereocenters. The maximum Gasteiger partial charge on any atom is 0.410 e. The zero-order chi connectivity index (χ0) is 10.8. The van der Waals surface area contributed by atoms with E-state index >= 15 is 0 Å². The molecule has 1 N–H and O–H groups in total. The van der Waals surface area contributed by atoms with Gasteiger partial charge in [0.1, 0.15) is 6.04 Å². The molecule has 0 aliphatic carbocycles. The third-order valence-corrected chi connectivity index (χ3v) is 1.95. The first kappa shape index (κ1) is 11.1. The molecule has 1 aliphatic rings. The summed E-state index contributed by atoms with van der Waals surface area (Å²) in [5, 5.41) is 1.86. The van der Waals surface area contributed by atoms with Gasteiger partial charge in [0.15, 0.2) is 0 Å². The predicted octanol–water partition coefficient (Wildman–Crippen LogP) is 0.589. The third-order valence-electron chi connectivity index (χ3n) is 1.95. The van der Waals surface area contributed by atoms with E-state index in [0.717, 1.165) is 4.90 Å². The first-order chi connectivity index (χ1) is 6.45. The van der Waals surface area contributed by atoms with Crippen LogP contribution >= 0.6 is 0 Å². The van der Waals surface area contributed by atoms with E-state index in [-0.39, 0.29) is 19.7 Å². The van der Waals surface area contributed by atoms with Gasteiger partial charge >= 0.3 is 12.2 Å². The molecule has 0 aromatic carbocycles. The molecule has 7 heteroatoms. The van der Waals surface area contributed by atoms with Crippen LogP contribution in [0.3, 0.4) is 0 Å². The Morgan fingerprint density at radius 1 is 1.64 bits per heavy atom. The Morgan fingerprint density at radius 3 is 2.71 bits per heavy atom. The number of hydrogen-bond donors (Lipinski definition) is 1. The molecule has 0 bridgehead atoms. The van der Waals surface area contributed by atoms with Gasteiger partial charge in [0.2, 0.25) is 0 Å². The van der Waals surface area contributed by atoms with Crippen molar-refractivity contribution in [1.82, 2.24) is 10.2 Å². The van der Waals surface area contributed by atoms with E-state index in [4.69, 9.17) is 0 Å². The van der Waals surface area contributed by atoms with Gasteiger partial charge in [-0.3, -0.25) is 0 Å². The molecule has 2 amide bonds. The molecule has 1 heterocycles. The largest absolute Gasteiger partial charge is 0.410 e. The van der Waals surface area contributed by atoms with Crippen molar-refractivity contribution < 1.29 is 22.7 Å². The van der Waals surface area contributed by atoms with Crippen molar-refractivity contribution in [2.45, 2.75) is 12.2 Å². The number of carbonyl (C=O) groups is 1. The molecule has 82 valence electrons. The second-order valence-corrected chi connectivity index (χ2v) is 2.98. The van der Waals surface area contributed by atoms with Gasteiger partial charge in [0.25, 0.3) is 0 Å². The van der Waals surface area contributed by atoms with Gasteiger partial charge in [-0.15, -0.1) is 0 Å². The third kappa shape index (κ3) is 2.50. The standard InChI is InChI=1S/C7H11F3N2O2/c1-14-3-2-12-4-5(7(8,9)10)11-6(12)13/h5H,2-4H2,1H3,(H,11,13). The van der Waals surface area contributed by atoms with Crippen LogP contribution in [-0.2, 0) is 4.74 Å². The molecule has 0 spiro atoms. The Kier molecular flexibility index (Phi) is 3.20. The summed E-state index contributed by atoms with van der Waals surface area (Å²) in [7, 11) is 1.43. The molecule has 1 aliphatic heterocycles. The predicted molar refractivity (Wildman–Crippen MR) is 41.8 cm³/mol. The van der Waals surface area contributed by atoms with Gasteiger partial charge in [-0.2, -0.15) is 13.2 Å². The summed E-state index contributed by atoms with van der Waals surface area (Å²) >= 11 is 0. The molecule has 14 heavy (non-hydrogen) atoms. The van der Waals surface area contributed by atoms with E-state index in [1.54, 1.807) is 0 Å². The van der Waals surface area contributed by atoms with Crippen LogP contribution in [0.5, 0.6) is 0 Å². The van der Waals surface area contributed by atoms with Gasteiger partial charge in [0.05, 0.1) is 13.2 Å². The summed E-state index contributed by atoms with van der Waals surface area (Å²) in [5.74, 6) is 0. The highest BCUT2D eigenvalue weighted by molar-refractivity contribution is 5.77. The smallest absolute Gasteiger partial charge is 0.383 e. The number of nitrogens with one attached hydrogen (secondary N) is 1. The monoisotopic (exact) mass is 212 g/mol. The highest BCUT2D eigenvalue weighted by atomic mass is 19.4. The zero-order valence-electron chi connectivity index (χ0n) is 7.60. The van der Waals surface area contributed by atoms with Crippen LogP contribution in [0.2, 0.25) is 0 Å². The van der Waals surface area contributed by atoms with E-state index in [1.807, 2.05) is 5.32 Å². The second kappa shape index (κ2) is 4.04. The van der Waals surface area contributed by atoms with Gasteiger partial charge in [0, 0.05) is 13.7 Å². The maximum absolute atomic E-state index is 12.2. The minimum atomic E-state index is -4.38. The summed E-state index contributed by atoms with van der Waals surface area (Å²) in [6, 6.07) is -2.45. The number of methoxy groups -OCH3 is 1. The van der Waals surface area contributed by atoms with Gasteiger partial charge in [-0.25, -0.2) is 4.79 Å². The van der Waals surface area contributed by atoms with Crippen molar-refractivity contribution in [2.24, 2.45) is 0 Å². The number of amides is 2. The number of urea groups is 1. The van der Waals surface area contributed by atoms with Gasteiger partial charge < -0.3 is 15.0 Å². The van der Waals surface area contributed by atoms with Gasteiger partial charge in [-0.1, -0.05) is 0 Å². The number of alkyl halides is 3. The fraction of sp³-hybridized carbons (Fsp3) is 0.857. The summed E-state index contributed by atoms with van der Waals surface area (Å²) in [6.07, 6.45) is -4.38. The summed E-state index contributed by atoms with van der Waals surface area (Å²) < 4.78 is 41.1. The molecule has 1 atom stereocenters. The van der Waals surface area contributed by atoms with E-state index in [0.29, 0.717) is 0 Å². The van der Waals surface area contributed by atoms with Crippen molar-refractivity contribution in [1.29, 1.82) is 0 Å². The Morgan fingerprint density at radius 2 is 2.29 bits per heavy atom. The van der Waals surface area contributed by atoms with Gasteiger partial charge in [-0.05, 0) is 0 Å². The Bertz CT molecular complexity index is 219. The maximum atomic E-state index is 12.2. The van der Waals surface area contributed by atoms with Crippen molar-refractivity contribution in [3.8, 4) is 0 Å². The fourth-order valence-corrected chi connectivity index (χ4v) is 1.17. The first-order valence-electron chi connectivity index (χ1n) is 4.06. The van der Waals surface area contributed by atoms with Crippen LogP contribution in [-0.4, -0.2) is 50.0 Å². The number of halogens is 3. The van der Waals surface area contributed by atoms with E-state index in [1.165, 1.54) is 7.11 Å². The molecular formula is C7H11F3N2O2. The highest BCUT2D eigenvalue weighted by Gasteiger charge is 2.46. The van der Waals surface area contributed by atoms with Crippen molar-refractivity contribution in [2.75, 3.05) is 26.8 Å². The number of hydrogen-bond acceptors (Lipinski definition) is 2. The quantitative estimate of drug-likeness (QED) is 0.743.